The van der Waals surface area contributed by atoms with Gasteiger partial charge in [-0.1, -0.05) is 0 Å². The molecule has 2 atom stereocenters. The third-order valence-corrected chi connectivity index (χ3v) is 4.12. The van der Waals surface area contributed by atoms with Gasteiger partial charge in [0.25, 0.3) is 0 Å². The molecule has 1 aliphatic heterocycles. The number of rotatable bonds is 4. The fourth-order valence-electron chi connectivity index (χ4n) is 2.73. The lowest BCUT2D eigenvalue weighted by atomic mass is 10.1. The number of hydrogen-bond acceptors (Lipinski definition) is 2. The fourth-order valence-corrected chi connectivity index (χ4v) is 2.73. The smallest absolute Gasteiger partial charge is 0.00966 e. The number of likely N-dealkylation sites (tertiary alicyclic amines) is 1. The van der Waals surface area contributed by atoms with Gasteiger partial charge < -0.3 is 10.2 Å². The van der Waals surface area contributed by atoms with Gasteiger partial charge in [-0.3, -0.25) is 0 Å². The van der Waals surface area contributed by atoms with Crippen LogP contribution in [0.15, 0.2) is 0 Å². The lowest BCUT2D eigenvalue weighted by Crippen LogP contribution is -2.40. The molecule has 2 nitrogen and oxygen atoms in total. The van der Waals surface area contributed by atoms with E-state index in [0.29, 0.717) is 0 Å². The van der Waals surface area contributed by atoms with Crippen LogP contribution in [0, 0.1) is 11.8 Å². The van der Waals surface area contributed by atoms with Gasteiger partial charge in [-0.15, -0.1) is 0 Å². The summed E-state index contributed by atoms with van der Waals surface area (Å²) in [5.74, 6) is 1.90. The van der Waals surface area contributed by atoms with Crippen molar-refractivity contribution < 1.29 is 0 Å². The molecule has 0 aromatic heterocycles. The minimum Gasteiger partial charge on any atom is -0.312 e. The predicted molar refractivity (Wildman–Crippen MR) is 69.6 cm³/mol. The highest BCUT2D eigenvalue weighted by atomic mass is 15.2. The number of nitrogens with zero attached hydrogens (tertiary/aromatic N) is 1. The normalized spacial score (nSPS) is 29.6. The van der Waals surface area contributed by atoms with Crippen molar-refractivity contribution in [3.63, 3.8) is 0 Å². The topological polar surface area (TPSA) is 15.3 Å². The summed E-state index contributed by atoms with van der Waals surface area (Å²) in [6.07, 6.45) is 4.34. The Kier molecular flexibility index (Phi) is 3.60. The van der Waals surface area contributed by atoms with Crippen molar-refractivity contribution in [2.24, 2.45) is 11.8 Å². The van der Waals surface area contributed by atoms with E-state index in [4.69, 9.17) is 0 Å². The molecule has 0 spiro atoms. The van der Waals surface area contributed by atoms with Crippen LogP contribution in [0.4, 0.5) is 0 Å². The lowest BCUT2D eigenvalue weighted by Gasteiger charge is -2.26. The molecule has 94 valence electrons. The molecule has 1 aliphatic carbocycles. The fraction of sp³-hybridized carbons (Fsp3) is 1.00. The first kappa shape index (κ1) is 12.4. The third-order valence-electron chi connectivity index (χ3n) is 4.12. The summed E-state index contributed by atoms with van der Waals surface area (Å²) in [4.78, 5) is 2.71. The maximum atomic E-state index is 3.64. The minimum absolute atomic E-state index is 0.273. The molecular formula is C14H28N2. The van der Waals surface area contributed by atoms with Crippen LogP contribution in [-0.2, 0) is 0 Å². The Labute approximate surface area is 101 Å². The molecule has 1 N–H and O–H groups in total. The zero-order valence-corrected chi connectivity index (χ0v) is 11.4. The second kappa shape index (κ2) is 4.66. The standard InChI is InChI=1S/C14H28N2/c1-11(13-5-6-13)16-8-7-12(10-16)9-15-14(2,3)4/h11-13,15H,5-10H2,1-4H3. The summed E-state index contributed by atoms with van der Waals surface area (Å²) in [5, 5.41) is 3.64. The Morgan fingerprint density at radius 1 is 1.25 bits per heavy atom. The average Bonchev–Trinajstić information content (AvgIpc) is 2.92. The van der Waals surface area contributed by atoms with Crippen molar-refractivity contribution in [1.29, 1.82) is 0 Å². The first-order valence-electron chi connectivity index (χ1n) is 6.95. The molecule has 0 amide bonds. The van der Waals surface area contributed by atoms with Crippen molar-refractivity contribution in [3.8, 4) is 0 Å². The molecule has 2 heteroatoms. The van der Waals surface area contributed by atoms with Crippen LogP contribution in [0.5, 0.6) is 0 Å². The van der Waals surface area contributed by atoms with Gasteiger partial charge in [0.2, 0.25) is 0 Å². The summed E-state index contributed by atoms with van der Waals surface area (Å²) < 4.78 is 0. The largest absolute Gasteiger partial charge is 0.312 e. The highest BCUT2D eigenvalue weighted by molar-refractivity contribution is 4.89. The summed E-state index contributed by atoms with van der Waals surface area (Å²) in [7, 11) is 0. The lowest BCUT2D eigenvalue weighted by molar-refractivity contribution is 0.224. The van der Waals surface area contributed by atoms with Gasteiger partial charge in [-0.2, -0.15) is 0 Å². The van der Waals surface area contributed by atoms with E-state index in [1.54, 1.807) is 0 Å². The second-order valence-electron chi connectivity index (χ2n) is 6.86. The van der Waals surface area contributed by atoms with E-state index in [1.165, 1.54) is 38.9 Å². The van der Waals surface area contributed by atoms with E-state index < -0.39 is 0 Å². The highest BCUT2D eigenvalue weighted by Crippen LogP contribution is 2.36. The number of nitrogens with one attached hydrogen (secondary N) is 1. The quantitative estimate of drug-likeness (QED) is 0.789. The van der Waals surface area contributed by atoms with E-state index >= 15 is 0 Å². The molecule has 1 saturated carbocycles. The van der Waals surface area contributed by atoms with Gasteiger partial charge >= 0.3 is 0 Å². The average molecular weight is 224 g/mol. The molecule has 16 heavy (non-hydrogen) atoms. The van der Waals surface area contributed by atoms with E-state index in [2.05, 4.69) is 37.9 Å². The SMILES string of the molecule is CC(C1CC1)N1CCC(CNC(C)(C)C)C1. The Balaban J connectivity index is 1.70. The van der Waals surface area contributed by atoms with Crippen LogP contribution in [-0.4, -0.2) is 36.1 Å². The maximum absolute atomic E-state index is 3.64. The summed E-state index contributed by atoms with van der Waals surface area (Å²) >= 11 is 0. The molecule has 0 radical (unpaired) electrons. The Hall–Kier alpha value is -0.0800. The van der Waals surface area contributed by atoms with E-state index in [9.17, 15) is 0 Å². The Morgan fingerprint density at radius 2 is 1.94 bits per heavy atom. The molecule has 0 aromatic carbocycles. The first-order chi connectivity index (χ1) is 7.46. The van der Waals surface area contributed by atoms with Crippen LogP contribution in [0.1, 0.15) is 47.0 Å². The summed E-state index contributed by atoms with van der Waals surface area (Å²) in [5.41, 5.74) is 0.273. The molecule has 2 unspecified atom stereocenters. The molecule has 1 saturated heterocycles. The zero-order chi connectivity index (χ0) is 11.8. The van der Waals surface area contributed by atoms with Gasteiger partial charge in [-0.05, 0) is 71.9 Å². The van der Waals surface area contributed by atoms with Gasteiger partial charge in [0, 0.05) is 18.1 Å². The van der Waals surface area contributed by atoms with Crippen molar-refractivity contribution in [2.45, 2.75) is 58.5 Å². The van der Waals surface area contributed by atoms with Gasteiger partial charge in [0.1, 0.15) is 0 Å². The van der Waals surface area contributed by atoms with Crippen molar-refractivity contribution in [1.82, 2.24) is 10.2 Å². The molecule has 1 heterocycles. The minimum atomic E-state index is 0.273. The highest BCUT2D eigenvalue weighted by Gasteiger charge is 2.35. The molecule has 2 aliphatic rings. The first-order valence-corrected chi connectivity index (χ1v) is 6.95. The second-order valence-corrected chi connectivity index (χ2v) is 6.86. The Morgan fingerprint density at radius 3 is 2.50 bits per heavy atom. The zero-order valence-electron chi connectivity index (χ0n) is 11.4. The van der Waals surface area contributed by atoms with E-state index in [1.807, 2.05) is 0 Å². The van der Waals surface area contributed by atoms with Crippen molar-refractivity contribution in [2.75, 3.05) is 19.6 Å². The van der Waals surface area contributed by atoms with Crippen LogP contribution in [0.3, 0.4) is 0 Å². The Bertz CT molecular complexity index is 227. The maximum Gasteiger partial charge on any atom is 0.00966 e. The summed E-state index contributed by atoms with van der Waals surface area (Å²) in [6, 6.07) is 0.847. The summed E-state index contributed by atoms with van der Waals surface area (Å²) in [6.45, 7) is 13.0. The molecule has 2 rings (SSSR count). The predicted octanol–water partition coefficient (Wildman–Crippen LogP) is 2.49. The molecule has 0 aromatic rings. The molecular weight excluding hydrogens is 196 g/mol. The van der Waals surface area contributed by atoms with Gasteiger partial charge in [0.15, 0.2) is 0 Å². The van der Waals surface area contributed by atoms with Gasteiger partial charge in [0.05, 0.1) is 0 Å². The van der Waals surface area contributed by atoms with Crippen LogP contribution < -0.4 is 5.32 Å². The van der Waals surface area contributed by atoms with Gasteiger partial charge in [-0.25, -0.2) is 0 Å². The van der Waals surface area contributed by atoms with E-state index in [-0.39, 0.29) is 5.54 Å². The number of hydrogen-bond donors (Lipinski definition) is 1. The van der Waals surface area contributed by atoms with Crippen molar-refractivity contribution in [3.05, 3.63) is 0 Å². The van der Waals surface area contributed by atoms with Crippen LogP contribution >= 0.6 is 0 Å². The molecule has 2 fully saturated rings. The van der Waals surface area contributed by atoms with E-state index in [0.717, 1.165) is 17.9 Å². The van der Waals surface area contributed by atoms with Crippen LogP contribution in [0.25, 0.3) is 0 Å². The van der Waals surface area contributed by atoms with Crippen LogP contribution in [0.2, 0.25) is 0 Å². The monoisotopic (exact) mass is 224 g/mol. The third kappa shape index (κ3) is 3.46. The molecule has 0 bridgehead atoms. The van der Waals surface area contributed by atoms with Crippen molar-refractivity contribution >= 4 is 0 Å².